The molecule has 0 aromatic heterocycles. The molecule has 0 amide bonds. The van der Waals surface area contributed by atoms with Gasteiger partial charge in [-0.2, -0.15) is 0 Å². The van der Waals surface area contributed by atoms with E-state index in [1.54, 1.807) is 0 Å². The van der Waals surface area contributed by atoms with Crippen LogP contribution in [0.4, 0.5) is 0 Å². The third-order valence-electron chi connectivity index (χ3n) is 2.98. The van der Waals surface area contributed by atoms with Gasteiger partial charge >= 0.3 is 0 Å². The molecule has 2 saturated heterocycles. The summed E-state index contributed by atoms with van der Waals surface area (Å²) in [6, 6.07) is 1.83. The summed E-state index contributed by atoms with van der Waals surface area (Å²) in [4.78, 5) is 5.08. The summed E-state index contributed by atoms with van der Waals surface area (Å²) in [5.74, 6) is 0.835. The second-order valence-corrected chi connectivity index (χ2v) is 4.42. The van der Waals surface area contributed by atoms with Crippen LogP contribution >= 0.6 is 0 Å². The minimum Gasteiger partial charge on any atom is -0.299 e. The molecule has 0 bridgehead atoms. The maximum absolute atomic E-state index is 2.62. The van der Waals surface area contributed by atoms with Gasteiger partial charge in [-0.1, -0.05) is 13.8 Å². The molecular formula is C9H18N2. The van der Waals surface area contributed by atoms with E-state index in [0.29, 0.717) is 0 Å². The summed E-state index contributed by atoms with van der Waals surface area (Å²) in [7, 11) is 2.23. The van der Waals surface area contributed by atoms with Crippen LogP contribution in [0.5, 0.6) is 0 Å². The fraction of sp³-hybridized carbons (Fsp3) is 1.00. The smallest absolute Gasteiger partial charge is 0.0391 e. The van der Waals surface area contributed by atoms with Crippen LogP contribution in [0.2, 0.25) is 0 Å². The van der Waals surface area contributed by atoms with Gasteiger partial charge in [-0.25, -0.2) is 0 Å². The second-order valence-electron chi connectivity index (χ2n) is 4.42. The summed E-state index contributed by atoms with van der Waals surface area (Å²) in [6.07, 6.45) is 0. The number of fused-ring (bicyclic) bond motifs is 1. The molecule has 0 saturated carbocycles. The standard InChI is InChI=1S/C9H18N2/c1-7(2)4-11-6-8-9(11)5-10(8)3/h7-9H,4-6H2,1-3H3. The van der Waals surface area contributed by atoms with E-state index in [1.807, 2.05) is 0 Å². The van der Waals surface area contributed by atoms with Gasteiger partial charge < -0.3 is 0 Å². The molecule has 2 atom stereocenters. The number of nitrogens with zero attached hydrogens (tertiary/aromatic N) is 2. The molecule has 2 aliphatic rings. The third-order valence-corrected chi connectivity index (χ3v) is 2.98. The summed E-state index contributed by atoms with van der Waals surface area (Å²) in [5, 5.41) is 0. The molecule has 2 fully saturated rings. The van der Waals surface area contributed by atoms with Crippen molar-refractivity contribution in [2.45, 2.75) is 25.9 Å². The van der Waals surface area contributed by atoms with E-state index in [9.17, 15) is 0 Å². The average Bonchev–Trinajstić information content (AvgIpc) is 1.91. The van der Waals surface area contributed by atoms with Crippen molar-refractivity contribution < 1.29 is 0 Å². The summed E-state index contributed by atoms with van der Waals surface area (Å²) in [5.41, 5.74) is 0. The molecule has 0 aromatic carbocycles. The Labute approximate surface area is 69.2 Å². The zero-order chi connectivity index (χ0) is 8.01. The number of piperazine rings is 1. The van der Waals surface area contributed by atoms with Gasteiger partial charge in [-0.3, -0.25) is 9.80 Å². The Balaban J connectivity index is 1.77. The van der Waals surface area contributed by atoms with Crippen LogP contribution in [0, 0.1) is 5.92 Å². The van der Waals surface area contributed by atoms with Crippen LogP contribution in [0.1, 0.15) is 13.8 Å². The first kappa shape index (κ1) is 7.56. The molecule has 2 nitrogen and oxygen atoms in total. The number of hydrogen-bond donors (Lipinski definition) is 0. The molecule has 2 heterocycles. The topological polar surface area (TPSA) is 6.48 Å². The van der Waals surface area contributed by atoms with E-state index in [2.05, 4.69) is 30.7 Å². The van der Waals surface area contributed by atoms with Crippen LogP contribution in [0.15, 0.2) is 0 Å². The molecule has 2 rings (SSSR count). The Morgan fingerprint density at radius 1 is 1.27 bits per heavy atom. The second kappa shape index (κ2) is 2.46. The number of likely N-dealkylation sites (tertiary alicyclic amines) is 2. The minimum absolute atomic E-state index is 0.835. The van der Waals surface area contributed by atoms with E-state index in [4.69, 9.17) is 0 Å². The molecule has 11 heavy (non-hydrogen) atoms. The lowest BCUT2D eigenvalue weighted by molar-refractivity contribution is -0.114. The molecule has 0 aliphatic carbocycles. The molecular weight excluding hydrogens is 136 g/mol. The van der Waals surface area contributed by atoms with Crippen molar-refractivity contribution in [1.82, 2.24) is 9.80 Å². The summed E-state index contributed by atoms with van der Waals surface area (Å²) < 4.78 is 0. The molecule has 0 spiro atoms. The molecule has 2 heteroatoms. The number of hydrogen-bond acceptors (Lipinski definition) is 2. The van der Waals surface area contributed by atoms with Gasteiger partial charge in [-0.15, -0.1) is 0 Å². The van der Waals surface area contributed by atoms with Crippen molar-refractivity contribution in [1.29, 1.82) is 0 Å². The van der Waals surface area contributed by atoms with E-state index in [1.165, 1.54) is 19.6 Å². The molecule has 0 N–H and O–H groups in total. The van der Waals surface area contributed by atoms with Crippen molar-refractivity contribution in [3.63, 3.8) is 0 Å². The number of rotatable bonds is 2. The fourth-order valence-electron chi connectivity index (χ4n) is 2.24. The first-order valence-corrected chi connectivity index (χ1v) is 4.63. The lowest BCUT2D eigenvalue weighted by Gasteiger charge is -2.61. The van der Waals surface area contributed by atoms with E-state index in [0.717, 1.165) is 18.0 Å². The highest BCUT2D eigenvalue weighted by molar-refractivity contribution is 5.07. The first-order valence-electron chi connectivity index (χ1n) is 4.63. The Kier molecular flexibility index (Phi) is 1.69. The molecule has 2 unspecified atom stereocenters. The van der Waals surface area contributed by atoms with E-state index >= 15 is 0 Å². The summed E-state index contributed by atoms with van der Waals surface area (Å²) in [6.45, 7) is 8.52. The minimum atomic E-state index is 0.835. The van der Waals surface area contributed by atoms with Gasteiger partial charge in [0.1, 0.15) is 0 Å². The monoisotopic (exact) mass is 154 g/mol. The Hall–Kier alpha value is -0.0800. The van der Waals surface area contributed by atoms with Gasteiger partial charge in [0.25, 0.3) is 0 Å². The van der Waals surface area contributed by atoms with Crippen molar-refractivity contribution >= 4 is 0 Å². The number of likely N-dealkylation sites (N-methyl/N-ethyl adjacent to an activating group) is 1. The van der Waals surface area contributed by atoms with E-state index < -0.39 is 0 Å². The zero-order valence-electron chi connectivity index (χ0n) is 7.75. The average molecular weight is 154 g/mol. The van der Waals surface area contributed by atoms with Crippen LogP contribution in [0.25, 0.3) is 0 Å². The highest BCUT2D eigenvalue weighted by Gasteiger charge is 2.49. The maximum atomic E-state index is 2.62. The Morgan fingerprint density at radius 3 is 2.36 bits per heavy atom. The van der Waals surface area contributed by atoms with Crippen molar-refractivity contribution in [3.05, 3.63) is 0 Å². The molecule has 64 valence electrons. The van der Waals surface area contributed by atoms with Gasteiger partial charge in [0.2, 0.25) is 0 Å². The summed E-state index contributed by atoms with van der Waals surface area (Å²) >= 11 is 0. The molecule has 0 radical (unpaired) electrons. The maximum Gasteiger partial charge on any atom is 0.0391 e. The van der Waals surface area contributed by atoms with E-state index in [-0.39, 0.29) is 0 Å². The highest BCUT2D eigenvalue weighted by atomic mass is 15.4. The van der Waals surface area contributed by atoms with Gasteiger partial charge in [0.05, 0.1) is 0 Å². The quantitative estimate of drug-likeness (QED) is 0.576. The fourth-order valence-corrected chi connectivity index (χ4v) is 2.24. The van der Waals surface area contributed by atoms with Crippen LogP contribution in [-0.4, -0.2) is 48.6 Å². The molecule has 0 aromatic rings. The van der Waals surface area contributed by atoms with Crippen molar-refractivity contribution in [3.8, 4) is 0 Å². The Morgan fingerprint density at radius 2 is 2.00 bits per heavy atom. The molecule has 2 aliphatic heterocycles. The third kappa shape index (κ3) is 1.09. The first-order chi connectivity index (χ1) is 5.18. The predicted molar refractivity (Wildman–Crippen MR) is 46.6 cm³/mol. The predicted octanol–water partition coefficient (Wildman–Crippen LogP) is 0.641. The van der Waals surface area contributed by atoms with Crippen LogP contribution in [-0.2, 0) is 0 Å². The van der Waals surface area contributed by atoms with Gasteiger partial charge in [0, 0.05) is 31.7 Å². The van der Waals surface area contributed by atoms with Crippen LogP contribution in [0.3, 0.4) is 0 Å². The van der Waals surface area contributed by atoms with Crippen molar-refractivity contribution in [2.75, 3.05) is 26.7 Å². The zero-order valence-corrected chi connectivity index (χ0v) is 7.75. The van der Waals surface area contributed by atoms with Crippen LogP contribution < -0.4 is 0 Å². The Bertz CT molecular complexity index is 156. The SMILES string of the molecule is CC(C)CN1CC2C1CN2C. The largest absolute Gasteiger partial charge is 0.299 e. The van der Waals surface area contributed by atoms with Crippen molar-refractivity contribution in [2.24, 2.45) is 5.92 Å². The highest BCUT2D eigenvalue weighted by Crippen LogP contribution is 2.32. The normalized spacial score (nSPS) is 38.2. The van der Waals surface area contributed by atoms with Gasteiger partial charge in [-0.05, 0) is 13.0 Å². The lowest BCUT2D eigenvalue weighted by atomic mass is 9.85. The lowest BCUT2D eigenvalue weighted by Crippen LogP contribution is -2.77. The van der Waals surface area contributed by atoms with Gasteiger partial charge in [0.15, 0.2) is 0 Å².